The van der Waals surface area contributed by atoms with Gasteiger partial charge in [-0.15, -0.1) is 0 Å². The summed E-state index contributed by atoms with van der Waals surface area (Å²) in [6, 6.07) is 24.4. The lowest BCUT2D eigenvalue weighted by Crippen LogP contribution is -2.37. The molecule has 12 nitrogen and oxygen atoms in total. The maximum Gasteiger partial charge on any atom is 0.324 e. The van der Waals surface area contributed by atoms with E-state index in [4.69, 9.17) is 0 Å². The monoisotopic (exact) mass is 656 g/mol. The molecule has 4 aromatic carbocycles. The first-order valence-corrected chi connectivity index (χ1v) is 16.6. The number of hydrogen-bond acceptors (Lipinski definition) is 8. The minimum atomic E-state index is -4.56. The second kappa shape index (κ2) is 11.7. The zero-order valence-corrected chi connectivity index (χ0v) is 25.4. The average molecular weight is 657 g/mol. The first kappa shape index (κ1) is 30.4. The molecule has 0 radical (unpaired) electrons. The van der Waals surface area contributed by atoms with E-state index in [1.54, 1.807) is 48.5 Å². The lowest BCUT2D eigenvalue weighted by Gasteiger charge is -2.28. The van der Waals surface area contributed by atoms with Crippen molar-refractivity contribution in [3.8, 4) is 0 Å². The van der Waals surface area contributed by atoms with Gasteiger partial charge in [-0.25, -0.2) is 16.8 Å². The Morgan fingerprint density at radius 2 is 0.935 bits per heavy atom. The lowest BCUT2D eigenvalue weighted by molar-refractivity contribution is -0.136. The summed E-state index contributed by atoms with van der Waals surface area (Å²) in [5, 5.41) is 21.0. The van der Waals surface area contributed by atoms with E-state index in [0.29, 0.717) is 10.8 Å². The van der Waals surface area contributed by atoms with E-state index in [1.165, 1.54) is 60.9 Å². The number of aliphatic carboxylic acids is 2. The van der Waals surface area contributed by atoms with Crippen LogP contribution < -0.4 is 8.61 Å². The summed E-state index contributed by atoms with van der Waals surface area (Å²) in [6.45, 7) is -1.93. The highest BCUT2D eigenvalue weighted by molar-refractivity contribution is 7.93. The van der Waals surface area contributed by atoms with E-state index >= 15 is 0 Å². The van der Waals surface area contributed by atoms with Crippen molar-refractivity contribution in [3.63, 3.8) is 0 Å². The Kier molecular flexibility index (Phi) is 7.75. The quantitative estimate of drug-likeness (QED) is 0.214. The van der Waals surface area contributed by atoms with Gasteiger partial charge in [0.1, 0.15) is 22.9 Å². The number of aromatic nitrogens is 2. The molecule has 6 rings (SSSR count). The molecule has 232 valence electrons. The van der Waals surface area contributed by atoms with E-state index < -0.39 is 45.1 Å². The van der Waals surface area contributed by atoms with Gasteiger partial charge in [0.25, 0.3) is 20.0 Å². The summed E-state index contributed by atoms with van der Waals surface area (Å²) < 4.78 is 58.2. The van der Waals surface area contributed by atoms with Gasteiger partial charge in [-0.05, 0) is 36.4 Å². The molecule has 2 N–H and O–H groups in total. The van der Waals surface area contributed by atoms with Crippen molar-refractivity contribution in [2.75, 3.05) is 21.7 Å². The Labute approximate surface area is 262 Å². The van der Waals surface area contributed by atoms with Crippen molar-refractivity contribution in [1.82, 2.24) is 9.97 Å². The van der Waals surface area contributed by atoms with E-state index in [9.17, 15) is 36.6 Å². The van der Waals surface area contributed by atoms with Crippen LogP contribution in [-0.2, 0) is 29.6 Å². The van der Waals surface area contributed by atoms with Crippen LogP contribution in [0.5, 0.6) is 0 Å². The molecule has 46 heavy (non-hydrogen) atoms. The topological polar surface area (TPSA) is 175 Å². The highest BCUT2D eigenvalue weighted by atomic mass is 32.2. The number of sulfonamides is 2. The SMILES string of the molecule is O=C(O)CN(c1ccc(N(CC(=O)O)S(=O)(=O)c2cccc3cccnc23)c2ccccc12)S(=O)(=O)c1cccc2cccnc12. The first-order chi connectivity index (χ1) is 22.0. The first-order valence-electron chi connectivity index (χ1n) is 13.7. The normalized spacial score (nSPS) is 11.9. The van der Waals surface area contributed by atoms with Gasteiger partial charge in [-0.3, -0.25) is 28.2 Å². The fourth-order valence-corrected chi connectivity index (χ4v) is 8.56. The molecule has 2 aromatic heterocycles. The summed E-state index contributed by atoms with van der Waals surface area (Å²) in [4.78, 5) is 32.1. The molecular formula is C32H24N4O8S2. The standard InChI is InChI=1S/C32H24N4O8S2/c37-29(38)19-35(45(41,42)27-13-3-7-21-9-5-17-33-31(21)27)25-15-16-26(24-12-2-1-11-23(24)25)36(20-30(39)40)46(43,44)28-14-4-8-22-10-6-18-34-32(22)28/h1-18H,19-20H2,(H,37,38)(H,39,40). The third-order valence-electron chi connectivity index (χ3n) is 7.30. The van der Waals surface area contributed by atoms with Crippen molar-refractivity contribution in [1.29, 1.82) is 0 Å². The highest BCUT2D eigenvalue weighted by Crippen LogP contribution is 2.39. The number of pyridine rings is 2. The van der Waals surface area contributed by atoms with Crippen LogP contribution in [0.4, 0.5) is 11.4 Å². The second-order valence-electron chi connectivity index (χ2n) is 10.1. The van der Waals surface area contributed by atoms with Gasteiger partial charge >= 0.3 is 11.9 Å². The molecule has 0 spiro atoms. The molecule has 6 aromatic rings. The van der Waals surface area contributed by atoms with Crippen molar-refractivity contribution < 1.29 is 36.6 Å². The Bertz CT molecular complexity index is 2220. The summed E-state index contributed by atoms with van der Waals surface area (Å²) >= 11 is 0. The van der Waals surface area contributed by atoms with Gasteiger partial charge in [0, 0.05) is 33.9 Å². The fraction of sp³-hybridized carbons (Fsp3) is 0.0625. The molecule has 0 saturated heterocycles. The number of nitrogens with zero attached hydrogens (tertiary/aromatic N) is 4. The van der Waals surface area contributed by atoms with Gasteiger partial charge < -0.3 is 10.2 Å². The number of rotatable bonds is 10. The Hall–Kier alpha value is -5.60. The van der Waals surface area contributed by atoms with Crippen LogP contribution in [0, 0.1) is 0 Å². The number of carbonyl (C=O) groups is 2. The number of anilines is 2. The predicted octanol–water partition coefficient (Wildman–Crippen LogP) is 4.50. The van der Waals surface area contributed by atoms with Gasteiger partial charge in [0.15, 0.2) is 0 Å². The number of benzene rings is 4. The maximum absolute atomic E-state index is 14.2. The van der Waals surface area contributed by atoms with Crippen LogP contribution in [0.25, 0.3) is 32.6 Å². The van der Waals surface area contributed by atoms with Crippen LogP contribution in [0.15, 0.2) is 119 Å². The molecular weight excluding hydrogens is 633 g/mol. The second-order valence-corrected chi connectivity index (χ2v) is 13.8. The molecule has 0 bridgehead atoms. The zero-order valence-electron chi connectivity index (χ0n) is 23.8. The summed E-state index contributed by atoms with van der Waals surface area (Å²) in [5.74, 6) is -2.88. The van der Waals surface area contributed by atoms with E-state index in [1.807, 2.05) is 0 Å². The van der Waals surface area contributed by atoms with Gasteiger partial charge in [0.2, 0.25) is 0 Å². The third kappa shape index (κ3) is 5.33. The molecule has 0 atom stereocenters. The van der Waals surface area contributed by atoms with Crippen molar-refractivity contribution in [2.45, 2.75) is 9.79 Å². The minimum absolute atomic E-state index is 0.0609. The molecule has 0 unspecified atom stereocenters. The molecule has 14 heteroatoms. The van der Waals surface area contributed by atoms with Crippen LogP contribution in [0.3, 0.4) is 0 Å². The highest BCUT2D eigenvalue weighted by Gasteiger charge is 2.34. The number of para-hydroxylation sites is 2. The van der Waals surface area contributed by atoms with E-state index in [2.05, 4.69) is 9.97 Å². The van der Waals surface area contributed by atoms with E-state index in [-0.39, 0.29) is 43.0 Å². The molecule has 0 saturated carbocycles. The largest absolute Gasteiger partial charge is 0.480 e. The van der Waals surface area contributed by atoms with E-state index in [0.717, 1.165) is 8.61 Å². The molecule has 0 amide bonds. The lowest BCUT2D eigenvalue weighted by atomic mass is 10.1. The van der Waals surface area contributed by atoms with Crippen LogP contribution in [0.2, 0.25) is 0 Å². The van der Waals surface area contributed by atoms with Crippen LogP contribution >= 0.6 is 0 Å². The van der Waals surface area contributed by atoms with Crippen molar-refractivity contribution >= 4 is 75.9 Å². The molecule has 0 aliphatic rings. The van der Waals surface area contributed by atoms with Gasteiger partial charge in [-0.1, -0.05) is 60.7 Å². The zero-order chi connectivity index (χ0) is 32.6. The predicted molar refractivity (Wildman–Crippen MR) is 172 cm³/mol. The van der Waals surface area contributed by atoms with Gasteiger partial charge in [0.05, 0.1) is 22.4 Å². The maximum atomic E-state index is 14.2. The van der Waals surface area contributed by atoms with Crippen molar-refractivity contribution in [2.24, 2.45) is 0 Å². The van der Waals surface area contributed by atoms with Crippen LogP contribution in [0.1, 0.15) is 0 Å². The summed E-state index contributed by atoms with van der Waals surface area (Å²) in [6.07, 6.45) is 2.85. The average Bonchev–Trinajstić information content (AvgIpc) is 3.05. The third-order valence-corrected chi connectivity index (χ3v) is 10.9. The minimum Gasteiger partial charge on any atom is -0.480 e. The smallest absolute Gasteiger partial charge is 0.324 e. The number of hydrogen-bond donors (Lipinski definition) is 2. The molecule has 0 fully saturated rings. The molecule has 2 heterocycles. The summed E-state index contributed by atoms with van der Waals surface area (Å²) in [7, 11) is -9.12. The number of carboxylic acids is 2. The van der Waals surface area contributed by atoms with Crippen molar-refractivity contribution in [3.05, 3.63) is 109 Å². The Morgan fingerprint density at radius 3 is 1.33 bits per heavy atom. The number of fused-ring (bicyclic) bond motifs is 3. The Morgan fingerprint density at radius 1 is 0.543 bits per heavy atom. The fourth-order valence-electron chi connectivity index (χ4n) is 5.35. The van der Waals surface area contributed by atoms with Crippen LogP contribution in [-0.4, -0.2) is 62.0 Å². The number of carboxylic acid groups (broad SMARTS) is 2. The molecule has 0 aliphatic heterocycles. The Balaban J connectivity index is 1.57. The van der Waals surface area contributed by atoms with Gasteiger partial charge in [-0.2, -0.15) is 0 Å². The summed E-state index contributed by atoms with van der Waals surface area (Å²) in [5.41, 5.74) is 0.163. The molecule has 0 aliphatic carbocycles.